The Hall–Kier alpha value is -1.69. The summed E-state index contributed by atoms with van der Waals surface area (Å²) in [6.07, 6.45) is 1.54. The van der Waals surface area contributed by atoms with E-state index in [-0.39, 0.29) is 11.8 Å². The molecule has 0 atom stereocenters. The van der Waals surface area contributed by atoms with E-state index < -0.39 is 0 Å². The predicted molar refractivity (Wildman–Crippen MR) is 70.7 cm³/mol. The summed E-state index contributed by atoms with van der Waals surface area (Å²) in [5.41, 5.74) is 1.18. The average Bonchev–Trinajstić information content (AvgIpc) is 2.35. The largest absolute Gasteiger partial charge is 0.480 e. The molecule has 0 amide bonds. The minimum Gasteiger partial charge on any atom is -0.480 e. The number of aromatic nitrogens is 2. The minimum absolute atomic E-state index is 0.276. The molecule has 0 aliphatic carbocycles. The lowest BCUT2D eigenvalue weighted by molar-refractivity contribution is 0.394. The second-order valence-corrected chi connectivity index (χ2v) is 4.51. The van der Waals surface area contributed by atoms with Crippen molar-refractivity contribution in [1.29, 1.82) is 0 Å². The third-order valence-electron chi connectivity index (χ3n) is 2.28. The van der Waals surface area contributed by atoms with Crippen molar-refractivity contribution in [3.05, 3.63) is 40.2 Å². The highest BCUT2D eigenvalue weighted by molar-refractivity contribution is 9.10. The summed E-state index contributed by atoms with van der Waals surface area (Å²) in [5.74, 6) is 0.318. The number of rotatable bonds is 3. The molecule has 0 unspecified atom stereocenters. The Kier molecular flexibility index (Phi) is 3.76. The molecule has 4 nitrogen and oxygen atoms in total. The maximum Gasteiger partial charge on any atom is 0.232 e. The van der Waals surface area contributed by atoms with Crippen molar-refractivity contribution in [3.63, 3.8) is 0 Å². The average molecular weight is 312 g/mol. The van der Waals surface area contributed by atoms with Crippen LogP contribution in [0.4, 0.5) is 16.0 Å². The van der Waals surface area contributed by atoms with Gasteiger partial charge in [0, 0.05) is 0 Å². The van der Waals surface area contributed by atoms with Gasteiger partial charge in [0.05, 0.1) is 23.5 Å². The number of methoxy groups -OCH3 is 1. The van der Waals surface area contributed by atoms with Crippen molar-refractivity contribution in [2.75, 3.05) is 12.4 Å². The first kappa shape index (κ1) is 12.8. The van der Waals surface area contributed by atoms with Crippen LogP contribution in [0.15, 0.2) is 28.9 Å². The van der Waals surface area contributed by atoms with Gasteiger partial charge in [0.25, 0.3) is 0 Å². The number of hydrogen-bond donors (Lipinski definition) is 1. The quantitative estimate of drug-likeness (QED) is 0.943. The standard InChI is InChI=1S/C12H11BrFN3O/c1-7-3-4-10(9(14)5-7)16-12-15-6-8(13)11(17-12)18-2/h3-6H,1-2H3,(H,15,16,17). The Morgan fingerprint density at radius 1 is 1.39 bits per heavy atom. The summed E-state index contributed by atoms with van der Waals surface area (Å²) < 4.78 is 19.3. The molecular formula is C12H11BrFN3O. The molecule has 0 saturated carbocycles. The number of benzene rings is 1. The highest BCUT2D eigenvalue weighted by Gasteiger charge is 2.07. The summed E-state index contributed by atoms with van der Waals surface area (Å²) in [5, 5.41) is 2.80. The molecule has 94 valence electrons. The zero-order valence-electron chi connectivity index (χ0n) is 9.87. The maximum absolute atomic E-state index is 13.6. The van der Waals surface area contributed by atoms with Crippen LogP contribution in [0.3, 0.4) is 0 Å². The molecule has 0 radical (unpaired) electrons. The maximum atomic E-state index is 13.6. The SMILES string of the molecule is COc1nc(Nc2ccc(C)cc2F)ncc1Br. The lowest BCUT2D eigenvalue weighted by Crippen LogP contribution is -2.01. The van der Waals surface area contributed by atoms with Gasteiger partial charge in [0.2, 0.25) is 11.8 Å². The van der Waals surface area contributed by atoms with E-state index in [1.807, 2.05) is 13.0 Å². The lowest BCUT2D eigenvalue weighted by Gasteiger charge is -2.08. The van der Waals surface area contributed by atoms with Crippen molar-refractivity contribution in [2.45, 2.75) is 6.92 Å². The third kappa shape index (κ3) is 2.76. The van der Waals surface area contributed by atoms with Gasteiger partial charge in [-0.3, -0.25) is 0 Å². The van der Waals surface area contributed by atoms with Crippen molar-refractivity contribution < 1.29 is 9.13 Å². The molecule has 0 aliphatic heterocycles. The normalized spacial score (nSPS) is 10.2. The highest BCUT2D eigenvalue weighted by Crippen LogP contribution is 2.24. The topological polar surface area (TPSA) is 47.0 Å². The number of anilines is 2. The Morgan fingerprint density at radius 2 is 2.17 bits per heavy atom. The van der Waals surface area contributed by atoms with Crippen molar-refractivity contribution >= 4 is 27.6 Å². The van der Waals surface area contributed by atoms with Crippen molar-refractivity contribution in [1.82, 2.24) is 9.97 Å². The highest BCUT2D eigenvalue weighted by atomic mass is 79.9. The number of ether oxygens (including phenoxy) is 1. The predicted octanol–water partition coefficient (Wildman–Crippen LogP) is 3.44. The Labute approximate surface area is 112 Å². The molecule has 0 bridgehead atoms. The third-order valence-corrected chi connectivity index (χ3v) is 2.82. The Morgan fingerprint density at radius 3 is 2.83 bits per heavy atom. The van der Waals surface area contributed by atoms with Crippen LogP contribution < -0.4 is 10.1 Å². The van der Waals surface area contributed by atoms with Gasteiger partial charge in [-0.1, -0.05) is 6.07 Å². The van der Waals surface area contributed by atoms with Crippen LogP contribution >= 0.6 is 15.9 Å². The molecule has 18 heavy (non-hydrogen) atoms. The molecule has 1 heterocycles. The summed E-state index contributed by atoms with van der Waals surface area (Å²) >= 11 is 3.25. The van der Waals surface area contributed by atoms with Crippen LogP contribution in [0.2, 0.25) is 0 Å². The first-order chi connectivity index (χ1) is 8.60. The first-order valence-corrected chi connectivity index (χ1v) is 5.99. The van der Waals surface area contributed by atoms with Gasteiger partial charge < -0.3 is 10.1 Å². The molecule has 2 rings (SSSR count). The Balaban J connectivity index is 2.28. The fourth-order valence-corrected chi connectivity index (χ4v) is 1.75. The lowest BCUT2D eigenvalue weighted by atomic mass is 10.2. The smallest absolute Gasteiger partial charge is 0.232 e. The molecular weight excluding hydrogens is 301 g/mol. The number of nitrogens with one attached hydrogen (secondary N) is 1. The van der Waals surface area contributed by atoms with Crippen LogP contribution in [-0.2, 0) is 0 Å². The van der Waals surface area contributed by atoms with Crippen LogP contribution in [0.1, 0.15) is 5.56 Å². The minimum atomic E-state index is -0.347. The van der Waals surface area contributed by atoms with E-state index in [1.165, 1.54) is 13.2 Å². The number of nitrogens with zero attached hydrogens (tertiary/aromatic N) is 2. The number of aryl methyl sites for hydroxylation is 1. The van der Waals surface area contributed by atoms with Gasteiger partial charge in [-0.15, -0.1) is 0 Å². The fraction of sp³-hybridized carbons (Fsp3) is 0.167. The molecule has 1 aromatic heterocycles. The second-order valence-electron chi connectivity index (χ2n) is 3.66. The van der Waals surface area contributed by atoms with Crippen LogP contribution in [-0.4, -0.2) is 17.1 Å². The molecule has 1 N–H and O–H groups in total. The molecule has 0 saturated heterocycles. The van der Waals surface area contributed by atoms with E-state index in [1.54, 1.807) is 12.3 Å². The van der Waals surface area contributed by atoms with E-state index in [4.69, 9.17) is 4.74 Å². The van der Waals surface area contributed by atoms with Crippen LogP contribution in [0.25, 0.3) is 0 Å². The van der Waals surface area contributed by atoms with Gasteiger partial charge in [-0.2, -0.15) is 4.98 Å². The summed E-state index contributed by atoms with van der Waals surface area (Å²) in [6.45, 7) is 1.83. The van der Waals surface area contributed by atoms with E-state index in [9.17, 15) is 4.39 Å². The fourth-order valence-electron chi connectivity index (χ4n) is 1.40. The van der Waals surface area contributed by atoms with E-state index in [0.717, 1.165) is 5.56 Å². The summed E-state index contributed by atoms with van der Waals surface area (Å²) in [7, 11) is 1.50. The van der Waals surface area contributed by atoms with Gasteiger partial charge in [0.15, 0.2) is 0 Å². The van der Waals surface area contributed by atoms with Crippen molar-refractivity contribution in [3.8, 4) is 5.88 Å². The molecule has 0 aliphatic rings. The van der Waals surface area contributed by atoms with E-state index >= 15 is 0 Å². The van der Waals surface area contributed by atoms with E-state index in [0.29, 0.717) is 16.0 Å². The van der Waals surface area contributed by atoms with Crippen LogP contribution in [0.5, 0.6) is 5.88 Å². The summed E-state index contributed by atoms with van der Waals surface area (Å²) in [4.78, 5) is 8.12. The summed E-state index contributed by atoms with van der Waals surface area (Å²) in [6, 6.07) is 4.89. The van der Waals surface area contributed by atoms with Gasteiger partial charge in [0.1, 0.15) is 5.82 Å². The molecule has 1 aromatic carbocycles. The van der Waals surface area contributed by atoms with Gasteiger partial charge >= 0.3 is 0 Å². The first-order valence-electron chi connectivity index (χ1n) is 5.20. The van der Waals surface area contributed by atoms with Crippen LogP contribution in [0, 0.1) is 12.7 Å². The second kappa shape index (κ2) is 5.30. The van der Waals surface area contributed by atoms with Gasteiger partial charge in [-0.25, -0.2) is 9.37 Å². The number of hydrogen-bond acceptors (Lipinski definition) is 4. The van der Waals surface area contributed by atoms with Gasteiger partial charge in [-0.05, 0) is 40.5 Å². The molecule has 0 fully saturated rings. The Bertz CT molecular complexity index is 577. The zero-order chi connectivity index (χ0) is 13.1. The molecule has 0 spiro atoms. The van der Waals surface area contributed by atoms with Crippen molar-refractivity contribution in [2.24, 2.45) is 0 Å². The monoisotopic (exact) mass is 311 g/mol. The number of halogens is 2. The molecule has 2 aromatic rings. The van der Waals surface area contributed by atoms with E-state index in [2.05, 4.69) is 31.2 Å². The zero-order valence-corrected chi connectivity index (χ0v) is 11.5. The molecule has 6 heteroatoms.